The van der Waals surface area contributed by atoms with Crippen LogP contribution in [0.5, 0.6) is 0 Å². The first-order valence-corrected chi connectivity index (χ1v) is 11.3. The SMILES string of the molecule is N[C@@H]1CN(c2c(F)cc3c(=O)c(C(=O)O)cn([C@@H]4C[C@@H]4F)c3c2Cl)CC12CC2.O=C(O)/C=C\C(=O)O. The second-order valence-corrected chi connectivity index (χ2v) is 9.56. The van der Waals surface area contributed by atoms with Crippen molar-refractivity contribution in [1.82, 2.24) is 4.57 Å². The maximum absolute atomic E-state index is 15.0. The number of aliphatic carboxylic acids is 2. The van der Waals surface area contributed by atoms with Crippen molar-refractivity contribution in [3.8, 4) is 0 Å². The average molecular weight is 526 g/mol. The molecule has 0 unspecified atom stereocenters. The number of anilines is 1. The van der Waals surface area contributed by atoms with Crippen molar-refractivity contribution in [2.75, 3.05) is 18.0 Å². The Morgan fingerprint density at radius 2 is 1.75 bits per heavy atom. The van der Waals surface area contributed by atoms with E-state index in [1.54, 1.807) is 4.90 Å². The maximum Gasteiger partial charge on any atom is 0.341 e. The van der Waals surface area contributed by atoms with Gasteiger partial charge in [0.2, 0.25) is 5.43 Å². The van der Waals surface area contributed by atoms with Crippen LogP contribution >= 0.6 is 11.6 Å². The third-order valence-corrected chi connectivity index (χ3v) is 7.10. The number of alkyl halides is 1. The Morgan fingerprint density at radius 3 is 2.19 bits per heavy atom. The van der Waals surface area contributed by atoms with E-state index < -0.39 is 46.9 Å². The minimum Gasteiger partial charge on any atom is -0.478 e. The van der Waals surface area contributed by atoms with E-state index in [-0.39, 0.29) is 39.5 Å². The molecule has 2 saturated carbocycles. The van der Waals surface area contributed by atoms with Crippen molar-refractivity contribution in [2.24, 2.45) is 11.1 Å². The highest BCUT2D eigenvalue weighted by atomic mass is 35.5. The zero-order valence-corrected chi connectivity index (χ0v) is 19.4. The molecule has 5 N–H and O–H groups in total. The van der Waals surface area contributed by atoms with Crippen molar-refractivity contribution in [1.29, 1.82) is 0 Å². The number of benzene rings is 1. The molecule has 2 heterocycles. The van der Waals surface area contributed by atoms with Crippen LogP contribution < -0.4 is 16.1 Å². The predicted molar refractivity (Wildman–Crippen MR) is 125 cm³/mol. The van der Waals surface area contributed by atoms with Crippen LogP contribution in [0, 0.1) is 11.2 Å². The van der Waals surface area contributed by atoms with Gasteiger partial charge in [0.1, 0.15) is 17.6 Å². The molecule has 0 bridgehead atoms. The van der Waals surface area contributed by atoms with E-state index in [9.17, 15) is 28.7 Å². The Morgan fingerprint density at radius 1 is 1.17 bits per heavy atom. The first-order chi connectivity index (χ1) is 16.9. The van der Waals surface area contributed by atoms with E-state index in [2.05, 4.69) is 0 Å². The van der Waals surface area contributed by atoms with Gasteiger partial charge in [-0.2, -0.15) is 0 Å². The lowest BCUT2D eigenvalue weighted by Gasteiger charge is -2.23. The zero-order valence-electron chi connectivity index (χ0n) is 18.7. The molecule has 192 valence electrons. The van der Waals surface area contributed by atoms with Gasteiger partial charge in [-0.05, 0) is 18.9 Å². The summed E-state index contributed by atoms with van der Waals surface area (Å²) in [6.45, 7) is 1.01. The van der Waals surface area contributed by atoms with Crippen molar-refractivity contribution in [3.63, 3.8) is 0 Å². The van der Waals surface area contributed by atoms with E-state index in [1.165, 1.54) is 4.57 Å². The van der Waals surface area contributed by atoms with Crippen LogP contribution in [0.25, 0.3) is 10.9 Å². The molecular weight excluding hydrogens is 504 g/mol. The fourth-order valence-electron chi connectivity index (χ4n) is 4.57. The molecule has 2 aromatic rings. The lowest BCUT2D eigenvalue weighted by atomic mass is 10.0. The lowest BCUT2D eigenvalue weighted by Crippen LogP contribution is -2.30. The standard InChI is InChI=1S/C19H18ClF2N3O3.C4H4O4/c20-14-15-8(17(26)9(18(27)28)5-25(15)12-4-10(12)21)3-11(22)16(14)24-6-13(23)19(7-24)1-2-19;5-3(6)1-2-4(7)8/h3,5,10,12-13H,1-2,4,6-7,23H2,(H,27,28);1-2H,(H,5,6)(H,7,8)/b;2-1-/t10-,12+,13+;/m0./s1. The fourth-order valence-corrected chi connectivity index (χ4v) is 4.98. The van der Waals surface area contributed by atoms with E-state index >= 15 is 4.39 Å². The molecule has 1 aliphatic heterocycles. The number of rotatable bonds is 5. The number of aromatic carboxylic acids is 1. The van der Waals surface area contributed by atoms with Crippen LogP contribution in [-0.4, -0.2) is 63.1 Å². The third-order valence-electron chi connectivity index (χ3n) is 6.74. The predicted octanol–water partition coefficient (Wildman–Crippen LogP) is 2.41. The molecule has 1 aromatic carbocycles. The number of pyridine rings is 1. The fraction of sp³-hybridized carbons (Fsp3) is 0.391. The van der Waals surface area contributed by atoms with E-state index in [0.29, 0.717) is 25.2 Å². The van der Waals surface area contributed by atoms with Gasteiger partial charge >= 0.3 is 17.9 Å². The van der Waals surface area contributed by atoms with Crippen molar-refractivity contribution in [2.45, 2.75) is 37.5 Å². The Labute approximate surface area is 207 Å². The Hall–Kier alpha value is -3.51. The normalized spacial score (nSPS) is 23.6. The van der Waals surface area contributed by atoms with Gasteiger partial charge in [-0.3, -0.25) is 4.79 Å². The molecule has 3 atom stereocenters. The lowest BCUT2D eigenvalue weighted by molar-refractivity contribution is -0.134. The van der Waals surface area contributed by atoms with E-state index in [1.807, 2.05) is 0 Å². The number of hydrogen-bond donors (Lipinski definition) is 4. The topological polar surface area (TPSA) is 163 Å². The summed E-state index contributed by atoms with van der Waals surface area (Å²) < 4.78 is 30.2. The van der Waals surface area contributed by atoms with Gasteiger partial charge in [0, 0.05) is 49.3 Å². The number of halogens is 3. The van der Waals surface area contributed by atoms with E-state index in [4.69, 9.17) is 27.5 Å². The van der Waals surface area contributed by atoms with Crippen LogP contribution in [0.4, 0.5) is 14.5 Å². The Balaban J connectivity index is 0.000000331. The third kappa shape index (κ3) is 4.65. The minimum atomic E-state index is -1.45. The molecule has 10 nitrogen and oxygen atoms in total. The molecule has 3 fully saturated rings. The number of fused-ring (bicyclic) bond motifs is 1. The van der Waals surface area contributed by atoms with Crippen molar-refractivity contribution < 1.29 is 38.5 Å². The molecule has 1 spiro atoms. The smallest absolute Gasteiger partial charge is 0.341 e. The largest absolute Gasteiger partial charge is 0.478 e. The highest BCUT2D eigenvalue weighted by Gasteiger charge is 2.54. The van der Waals surface area contributed by atoms with Gasteiger partial charge in [0.05, 0.1) is 27.7 Å². The van der Waals surface area contributed by atoms with Crippen molar-refractivity contribution >= 4 is 46.1 Å². The summed E-state index contributed by atoms with van der Waals surface area (Å²) in [4.78, 5) is 44.9. The average Bonchev–Trinajstić information content (AvgIpc) is 3.69. The minimum absolute atomic E-state index is 0.00645. The van der Waals surface area contributed by atoms with Gasteiger partial charge in [-0.25, -0.2) is 23.2 Å². The zero-order chi connectivity index (χ0) is 26.5. The molecule has 0 amide bonds. The monoisotopic (exact) mass is 525 g/mol. The summed E-state index contributed by atoms with van der Waals surface area (Å²) in [5, 5.41) is 24.8. The number of carboxylic acid groups (broad SMARTS) is 3. The van der Waals surface area contributed by atoms with Gasteiger partial charge in [-0.15, -0.1) is 0 Å². The first-order valence-electron chi connectivity index (χ1n) is 10.9. The highest BCUT2D eigenvalue weighted by Crippen LogP contribution is 2.54. The second-order valence-electron chi connectivity index (χ2n) is 9.18. The highest BCUT2D eigenvalue weighted by molar-refractivity contribution is 6.38. The van der Waals surface area contributed by atoms with E-state index in [0.717, 1.165) is 25.1 Å². The summed E-state index contributed by atoms with van der Waals surface area (Å²) >= 11 is 6.56. The van der Waals surface area contributed by atoms with Crippen LogP contribution in [0.15, 0.2) is 29.2 Å². The molecule has 5 rings (SSSR count). The maximum atomic E-state index is 15.0. The van der Waals surface area contributed by atoms with Gasteiger partial charge in [0.15, 0.2) is 0 Å². The summed E-state index contributed by atoms with van der Waals surface area (Å²) in [7, 11) is 0. The number of nitrogens with two attached hydrogens (primary N) is 1. The molecule has 13 heteroatoms. The number of hydrogen-bond acceptors (Lipinski definition) is 6. The number of carboxylic acids is 3. The summed E-state index contributed by atoms with van der Waals surface area (Å²) in [5.41, 5.74) is 5.15. The molecule has 0 radical (unpaired) electrons. The Bertz CT molecular complexity index is 1360. The van der Waals surface area contributed by atoms with Gasteiger partial charge in [-0.1, -0.05) is 11.6 Å². The van der Waals surface area contributed by atoms with Gasteiger partial charge in [0.25, 0.3) is 0 Å². The summed E-state index contributed by atoms with van der Waals surface area (Å²) in [5.74, 6) is -4.67. The Kier molecular flexibility index (Phi) is 6.52. The quantitative estimate of drug-likeness (QED) is 0.429. The molecule has 2 aliphatic carbocycles. The number of nitrogens with zero attached hydrogens (tertiary/aromatic N) is 2. The molecule has 3 aliphatic rings. The van der Waals surface area contributed by atoms with Crippen LogP contribution in [0.2, 0.25) is 5.02 Å². The second kappa shape index (κ2) is 9.17. The van der Waals surface area contributed by atoms with Crippen LogP contribution in [0.1, 0.15) is 35.7 Å². The first kappa shape index (κ1) is 25.6. The summed E-state index contributed by atoms with van der Waals surface area (Å²) in [6, 6.07) is 0.308. The van der Waals surface area contributed by atoms with Crippen LogP contribution in [0.3, 0.4) is 0 Å². The molecule has 36 heavy (non-hydrogen) atoms. The molecular formula is C23H22ClF2N3O7. The summed E-state index contributed by atoms with van der Waals surface area (Å²) in [6.07, 6.45) is 3.23. The van der Waals surface area contributed by atoms with Gasteiger partial charge < -0.3 is 30.5 Å². The number of carbonyl (C=O) groups is 3. The molecule has 1 aromatic heterocycles. The number of aromatic nitrogens is 1. The van der Waals surface area contributed by atoms with Crippen molar-refractivity contribution in [3.05, 3.63) is 51.0 Å². The molecule has 1 saturated heterocycles. The van der Waals surface area contributed by atoms with Crippen LogP contribution in [-0.2, 0) is 9.59 Å².